The molecule has 0 radical (unpaired) electrons. The van der Waals surface area contributed by atoms with Crippen LogP contribution in [0.2, 0.25) is 0 Å². The molecule has 4 aliphatic rings. The van der Waals surface area contributed by atoms with Gasteiger partial charge in [0.25, 0.3) is 0 Å². The number of aryl methyl sites for hydroxylation is 1. The molecule has 0 atom stereocenters. The predicted octanol–water partition coefficient (Wildman–Crippen LogP) is 2.80. The summed E-state index contributed by atoms with van der Waals surface area (Å²) in [6.07, 6.45) is 13.1. The third kappa shape index (κ3) is 2.12. The van der Waals surface area contributed by atoms with E-state index in [1.54, 1.807) is 6.42 Å². The maximum Gasteiger partial charge on any atom is 0.0534 e. The van der Waals surface area contributed by atoms with Crippen molar-refractivity contribution in [1.82, 2.24) is 9.78 Å². The summed E-state index contributed by atoms with van der Waals surface area (Å²) in [5.74, 6) is 5.25. The summed E-state index contributed by atoms with van der Waals surface area (Å²) in [5, 5.41) is 4.43. The van der Waals surface area contributed by atoms with Crippen molar-refractivity contribution in [2.45, 2.75) is 51.6 Å². The minimum absolute atomic E-state index is 0.609. The summed E-state index contributed by atoms with van der Waals surface area (Å²) in [5.41, 5.74) is 6.80. The minimum Gasteiger partial charge on any atom is -0.326 e. The highest BCUT2D eigenvalue weighted by Crippen LogP contribution is 2.57. The Kier molecular flexibility index (Phi) is 2.91. The molecule has 104 valence electrons. The summed E-state index contributed by atoms with van der Waals surface area (Å²) in [4.78, 5) is 0. The first-order chi connectivity index (χ1) is 9.31. The number of nitrogens with two attached hydrogens (primary N) is 1. The van der Waals surface area contributed by atoms with Gasteiger partial charge in [0.05, 0.1) is 6.20 Å². The molecule has 3 heteroatoms. The van der Waals surface area contributed by atoms with Gasteiger partial charge in [0.1, 0.15) is 0 Å². The van der Waals surface area contributed by atoms with Gasteiger partial charge in [-0.15, -0.1) is 0 Å². The molecule has 19 heavy (non-hydrogen) atoms. The topological polar surface area (TPSA) is 43.8 Å². The van der Waals surface area contributed by atoms with Crippen molar-refractivity contribution in [2.75, 3.05) is 0 Å². The molecular weight excluding hydrogens is 234 g/mol. The number of hydrogen-bond donors (Lipinski definition) is 1. The van der Waals surface area contributed by atoms with Crippen LogP contribution in [0.25, 0.3) is 0 Å². The highest BCUT2D eigenvalue weighted by atomic mass is 15.3. The van der Waals surface area contributed by atoms with Crippen molar-refractivity contribution in [3.8, 4) is 0 Å². The Morgan fingerprint density at radius 2 is 1.79 bits per heavy atom. The maximum absolute atomic E-state index is 5.64. The molecule has 0 aromatic carbocycles. The van der Waals surface area contributed by atoms with Crippen LogP contribution in [0.5, 0.6) is 0 Å². The summed E-state index contributed by atoms with van der Waals surface area (Å²) in [6, 6.07) is 0. The summed E-state index contributed by atoms with van der Waals surface area (Å²) in [6.45, 7) is 1.70. The molecule has 4 saturated carbocycles. The van der Waals surface area contributed by atoms with Crippen molar-refractivity contribution in [3.05, 3.63) is 18.0 Å². The van der Waals surface area contributed by atoms with E-state index >= 15 is 0 Å². The van der Waals surface area contributed by atoms with Crippen molar-refractivity contribution in [1.29, 1.82) is 0 Å². The van der Waals surface area contributed by atoms with Crippen molar-refractivity contribution in [3.63, 3.8) is 0 Å². The van der Waals surface area contributed by atoms with Crippen molar-refractivity contribution in [2.24, 2.45) is 35.3 Å². The molecule has 0 amide bonds. The van der Waals surface area contributed by atoms with Crippen molar-refractivity contribution >= 4 is 0 Å². The SMILES string of the molecule is NCc1cnn(CCC2C3CC4CC(C3)CC2C4)c1. The Morgan fingerprint density at radius 3 is 2.37 bits per heavy atom. The number of rotatable bonds is 4. The van der Waals surface area contributed by atoms with E-state index in [0.717, 1.165) is 41.7 Å². The van der Waals surface area contributed by atoms with Gasteiger partial charge in [-0.2, -0.15) is 5.10 Å². The molecule has 3 nitrogen and oxygen atoms in total. The second-order valence-electron chi connectivity index (χ2n) is 7.20. The minimum atomic E-state index is 0.609. The Morgan fingerprint density at radius 1 is 1.11 bits per heavy atom. The quantitative estimate of drug-likeness (QED) is 0.903. The zero-order valence-electron chi connectivity index (χ0n) is 11.7. The van der Waals surface area contributed by atoms with E-state index in [1.165, 1.54) is 32.1 Å². The third-order valence-corrected chi connectivity index (χ3v) is 6.04. The van der Waals surface area contributed by atoms with Crippen LogP contribution in [0, 0.1) is 29.6 Å². The summed E-state index contributed by atoms with van der Waals surface area (Å²) in [7, 11) is 0. The second kappa shape index (κ2) is 4.62. The molecular formula is C16H25N3. The zero-order chi connectivity index (χ0) is 12.8. The van der Waals surface area contributed by atoms with Crippen LogP contribution in [0.15, 0.2) is 12.4 Å². The molecule has 4 fully saturated rings. The van der Waals surface area contributed by atoms with E-state index < -0.39 is 0 Å². The predicted molar refractivity (Wildman–Crippen MR) is 75.3 cm³/mol. The fourth-order valence-corrected chi connectivity index (χ4v) is 5.42. The van der Waals surface area contributed by atoms with Crippen LogP contribution in [0.3, 0.4) is 0 Å². The molecule has 5 rings (SSSR count). The van der Waals surface area contributed by atoms with Gasteiger partial charge < -0.3 is 5.73 Å². The van der Waals surface area contributed by atoms with Crippen LogP contribution in [-0.2, 0) is 13.1 Å². The molecule has 4 bridgehead atoms. The van der Waals surface area contributed by atoms with Gasteiger partial charge in [-0.3, -0.25) is 4.68 Å². The number of nitrogens with zero attached hydrogens (tertiary/aromatic N) is 2. The fraction of sp³-hybridized carbons (Fsp3) is 0.812. The van der Waals surface area contributed by atoms with Crippen molar-refractivity contribution < 1.29 is 0 Å². The van der Waals surface area contributed by atoms with E-state index in [9.17, 15) is 0 Å². The van der Waals surface area contributed by atoms with Gasteiger partial charge in [-0.05, 0) is 68.1 Å². The molecule has 4 aliphatic carbocycles. The van der Waals surface area contributed by atoms with Gasteiger partial charge in [-0.25, -0.2) is 0 Å². The lowest BCUT2D eigenvalue weighted by molar-refractivity contribution is -0.0413. The molecule has 0 spiro atoms. The smallest absolute Gasteiger partial charge is 0.0534 e. The molecule has 0 aliphatic heterocycles. The van der Waals surface area contributed by atoms with Crippen LogP contribution >= 0.6 is 0 Å². The average molecular weight is 259 g/mol. The fourth-order valence-electron chi connectivity index (χ4n) is 5.42. The Balaban J connectivity index is 1.40. The normalized spacial score (nSPS) is 39.9. The lowest BCUT2D eigenvalue weighted by atomic mass is 9.51. The standard InChI is InChI=1S/C16H25N3/c17-8-13-9-18-19(10-13)2-1-16-14-4-11-3-12(6-14)7-15(16)5-11/h9-12,14-16H,1-8,17H2. The van der Waals surface area contributed by atoms with Crippen LogP contribution in [0.1, 0.15) is 44.1 Å². The van der Waals surface area contributed by atoms with E-state index in [-0.39, 0.29) is 0 Å². The Hall–Kier alpha value is -0.830. The summed E-state index contributed by atoms with van der Waals surface area (Å²) >= 11 is 0. The van der Waals surface area contributed by atoms with Gasteiger partial charge in [0, 0.05) is 24.8 Å². The number of aromatic nitrogens is 2. The third-order valence-electron chi connectivity index (χ3n) is 6.04. The maximum atomic E-state index is 5.64. The van der Waals surface area contributed by atoms with E-state index in [1.807, 2.05) is 6.20 Å². The number of hydrogen-bond acceptors (Lipinski definition) is 2. The molecule has 1 heterocycles. The van der Waals surface area contributed by atoms with E-state index in [0.29, 0.717) is 6.54 Å². The van der Waals surface area contributed by atoms with Gasteiger partial charge >= 0.3 is 0 Å². The van der Waals surface area contributed by atoms with Gasteiger partial charge in [0.15, 0.2) is 0 Å². The van der Waals surface area contributed by atoms with Crippen LogP contribution in [0.4, 0.5) is 0 Å². The zero-order valence-corrected chi connectivity index (χ0v) is 11.7. The van der Waals surface area contributed by atoms with Crippen LogP contribution < -0.4 is 5.73 Å². The Labute approximate surface area is 115 Å². The monoisotopic (exact) mass is 259 g/mol. The second-order valence-corrected chi connectivity index (χ2v) is 7.20. The van der Waals surface area contributed by atoms with Gasteiger partial charge in [0.2, 0.25) is 0 Å². The first kappa shape index (κ1) is 12.0. The van der Waals surface area contributed by atoms with Crippen LogP contribution in [-0.4, -0.2) is 9.78 Å². The molecule has 1 aromatic rings. The Bertz CT molecular complexity index is 423. The molecule has 0 unspecified atom stereocenters. The highest BCUT2D eigenvalue weighted by molar-refractivity contribution is 5.03. The lowest BCUT2D eigenvalue weighted by Gasteiger charge is -2.54. The van der Waals surface area contributed by atoms with Gasteiger partial charge in [-0.1, -0.05) is 0 Å². The molecule has 1 aromatic heterocycles. The average Bonchev–Trinajstić information content (AvgIpc) is 2.85. The molecule has 0 saturated heterocycles. The van der Waals surface area contributed by atoms with E-state index in [2.05, 4.69) is 16.0 Å². The molecule has 2 N–H and O–H groups in total. The first-order valence-electron chi connectivity index (χ1n) is 8.03. The first-order valence-corrected chi connectivity index (χ1v) is 8.03. The van der Waals surface area contributed by atoms with E-state index in [4.69, 9.17) is 5.73 Å². The highest BCUT2D eigenvalue weighted by Gasteiger charge is 2.47. The largest absolute Gasteiger partial charge is 0.326 e. The lowest BCUT2D eigenvalue weighted by Crippen LogP contribution is -2.45. The summed E-state index contributed by atoms with van der Waals surface area (Å²) < 4.78 is 2.10.